The molecule has 0 aromatic carbocycles. The molecule has 3 rings (SSSR count). The fourth-order valence-corrected chi connectivity index (χ4v) is 4.35. The maximum atomic E-state index is 12.7. The molecule has 5 nitrogen and oxygen atoms in total. The predicted molar refractivity (Wildman–Crippen MR) is 78.4 cm³/mol. The molecule has 0 spiro atoms. The Morgan fingerprint density at radius 2 is 2.14 bits per heavy atom. The van der Waals surface area contributed by atoms with Crippen molar-refractivity contribution in [2.45, 2.75) is 44.2 Å². The van der Waals surface area contributed by atoms with Gasteiger partial charge in [-0.05, 0) is 37.3 Å². The Balaban J connectivity index is 1.83. The molecule has 1 amide bonds. The number of aliphatic hydroxyl groups excluding tert-OH is 1. The minimum atomic E-state index is -0.670. The van der Waals surface area contributed by atoms with Gasteiger partial charge < -0.3 is 14.7 Å². The predicted octanol–water partition coefficient (Wildman–Crippen LogP) is 1.38. The molecule has 2 unspecified atom stereocenters. The minimum absolute atomic E-state index is 0.165. The molecule has 0 bridgehead atoms. The minimum Gasteiger partial charge on any atom is -0.467 e. The summed E-state index contributed by atoms with van der Waals surface area (Å²) in [6, 6.07) is 1.29. The van der Waals surface area contributed by atoms with Crippen LogP contribution in [0, 0.1) is 0 Å². The molecule has 114 valence electrons. The first-order chi connectivity index (χ1) is 10.1. The van der Waals surface area contributed by atoms with Gasteiger partial charge in [0.05, 0.1) is 18.1 Å². The van der Waals surface area contributed by atoms with Gasteiger partial charge in [-0.1, -0.05) is 0 Å². The summed E-state index contributed by atoms with van der Waals surface area (Å²) < 4.78 is 4.74. The van der Waals surface area contributed by atoms with Gasteiger partial charge in [0.15, 0.2) is 0 Å². The highest BCUT2D eigenvalue weighted by Crippen LogP contribution is 2.32. The highest BCUT2D eigenvalue weighted by Gasteiger charge is 2.40. The van der Waals surface area contributed by atoms with E-state index < -0.39 is 18.1 Å². The fraction of sp³-hybridized carbons (Fsp3) is 0.600. The second kappa shape index (κ2) is 5.77. The van der Waals surface area contributed by atoms with Gasteiger partial charge in [0, 0.05) is 17.8 Å². The Hall–Kier alpha value is -1.40. The fourth-order valence-electron chi connectivity index (χ4n) is 3.14. The van der Waals surface area contributed by atoms with Crippen molar-refractivity contribution in [2.75, 3.05) is 13.7 Å². The van der Waals surface area contributed by atoms with E-state index in [4.69, 9.17) is 4.74 Å². The summed E-state index contributed by atoms with van der Waals surface area (Å²) in [7, 11) is 1.31. The van der Waals surface area contributed by atoms with Crippen molar-refractivity contribution in [3.8, 4) is 0 Å². The SMILES string of the molecule is COC(=O)C1CC(O)CN1C(=O)c1cc2c(s1)CCCC2. The van der Waals surface area contributed by atoms with Gasteiger partial charge in [-0.25, -0.2) is 4.79 Å². The van der Waals surface area contributed by atoms with Crippen molar-refractivity contribution in [1.29, 1.82) is 0 Å². The van der Waals surface area contributed by atoms with Gasteiger partial charge >= 0.3 is 5.97 Å². The number of carbonyl (C=O) groups excluding carboxylic acids is 2. The van der Waals surface area contributed by atoms with Gasteiger partial charge in [0.2, 0.25) is 0 Å². The first-order valence-electron chi connectivity index (χ1n) is 7.28. The number of nitrogens with zero attached hydrogens (tertiary/aromatic N) is 1. The van der Waals surface area contributed by atoms with E-state index in [0.717, 1.165) is 12.8 Å². The zero-order valence-corrected chi connectivity index (χ0v) is 12.8. The van der Waals surface area contributed by atoms with Gasteiger partial charge in [-0.3, -0.25) is 4.79 Å². The van der Waals surface area contributed by atoms with E-state index >= 15 is 0 Å². The average Bonchev–Trinajstić information content (AvgIpc) is 3.09. The van der Waals surface area contributed by atoms with E-state index in [-0.39, 0.29) is 18.9 Å². The third kappa shape index (κ3) is 2.70. The van der Waals surface area contributed by atoms with Crippen LogP contribution in [0.15, 0.2) is 6.07 Å². The number of carbonyl (C=O) groups is 2. The van der Waals surface area contributed by atoms with E-state index in [1.54, 1.807) is 0 Å². The molecule has 1 N–H and O–H groups in total. The molecule has 1 aliphatic carbocycles. The van der Waals surface area contributed by atoms with Crippen LogP contribution in [0.2, 0.25) is 0 Å². The Kier molecular flexibility index (Phi) is 3.99. The molecular formula is C15H19NO4S. The number of hydrogen-bond donors (Lipinski definition) is 1. The third-order valence-electron chi connectivity index (χ3n) is 4.22. The van der Waals surface area contributed by atoms with E-state index in [1.807, 2.05) is 6.07 Å². The standard InChI is InChI=1S/C15H19NO4S/c1-20-15(19)11-7-10(17)8-16(11)14(18)13-6-9-4-2-3-5-12(9)21-13/h6,10-11,17H,2-5,7-8H2,1H3. The van der Waals surface area contributed by atoms with Crippen molar-refractivity contribution in [2.24, 2.45) is 0 Å². The molecule has 2 aliphatic rings. The lowest BCUT2D eigenvalue weighted by Crippen LogP contribution is -2.40. The van der Waals surface area contributed by atoms with E-state index in [0.29, 0.717) is 4.88 Å². The van der Waals surface area contributed by atoms with E-state index in [2.05, 4.69) is 0 Å². The Bertz CT molecular complexity index is 545. The Morgan fingerprint density at radius 3 is 2.86 bits per heavy atom. The molecule has 1 aliphatic heterocycles. The number of methoxy groups -OCH3 is 1. The number of likely N-dealkylation sites (tertiary alicyclic amines) is 1. The third-order valence-corrected chi connectivity index (χ3v) is 5.45. The van der Waals surface area contributed by atoms with Gasteiger partial charge in [-0.15, -0.1) is 11.3 Å². The molecule has 1 fully saturated rings. The molecule has 0 saturated carbocycles. The van der Waals surface area contributed by atoms with Crippen molar-refractivity contribution in [3.05, 3.63) is 21.4 Å². The number of hydrogen-bond acceptors (Lipinski definition) is 5. The van der Waals surface area contributed by atoms with Crippen LogP contribution in [-0.2, 0) is 22.4 Å². The number of ether oxygens (including phenoxy) is 1. The highest BCUT2D eigenvalue weighted by molar-refractivity contribution is 7.14. The van der Waals surface area contributed by atoms with E-state index in [1.165, 1.54) is 46.6 Å². The monoisotopic (exact) mass is 309 g/mol. The maximum Gasteiger partial charge on any atom is 0.328 e. The summed E-state index contributed by atoms with van der Waals surface area (Å²) in [5.74, 6) is -0.623. The van der Waals surface area contributed by atoms with Crippen LogP contribution >= 0.6 is 11.3 Å². The average molecular weight is 309 g/mol. The highest BCUT2D eigenvalue weighted by atomic mass is 32.1. The molecule has 1 aromatic heterocycles. The molecule has 1 aromatic rings. The molecule has 2 heterocycles. The van der Waals surface area contributed by atoms with Crippen molar-refractivity contribution >= 4 is 23.2 Å². The Morgan fingerprint density at radius 1 is 1.38 bits per heavy atom. The van der Waals surface area contributed by atoms with Gasteiger partial charge in [-0.2, -0.15) is 0 Å². The van der Waals surface area contributed by atoms with Gasteiger partial charge in [0.25, 0.3) is 5.91 Å². The summed E-state index contributed by atoms with van der Waals surface area (Å²) >= 11 is 1.53. The number of fused-ring (bicyclic) bond motifs is 1. The summed E-state index contributed by atoms with van der Waals surface area (Å²) in [5.41, 5.74) is 1.27. The van der Waals surface area contributed by atoms with Gasteiger partial charge in [0.1, 0.15) is 6.04 Å². The number of amides is 1. The van der Waals surface area contributed by atoms with Crippen LogP contribution in [0.1, 0.15) is 39.4 Å². The number of aryl methyl sites for hydroxylation is 2. The lowest BCUT2D eigenvalue weighted by Gasteiger charge is -2.21. The van der Waals surface area contributed by atoms with E-state index in [9.17, 15) is 14.7 Å². The lowest BCUT2D eigenvalue weighted by molar-refractivity contribution is -0.145. The van der Waals surface area contributed by atoms with Crippen LogP contribution in [0.4, 0.5) is 0 Å². The normalized spacial score (nSPS) is 24.8. The zero-order chi connectivity index (χ0) is 15.0. The van der Waals surface area contributed by atoms with Crippen LogP contribution in [-0.4, -0.2) is 47.7 Å². The topological polar surface area (TPSA) is 66.8 Å². The number of rotatable bonds is 2. The number of esters is 1. The van der Waals surface area contributed by atoms with Crippen molar-refractivity contribution in [1.82, 2.24) is 4.90 Å². The first kappa shape index (κ1) is 14.5. The zero-order valence-electron chi connectivity index (χ0n) is 12.0. The maximum absolute atomic E-state index is 12.7. The Labute approximate surface area is 127 Å². The number of β-amino-alcohol motifs (C(OH)–C–C–N with tert-alkyl or cyclic N) is 1. The van der Waals surface area contributed by atoms with Crippen LogP contribution in [0.3, 0.4) is 0 Å². The summed E-state index contributed by atoms with van der Waals surface area (Å²) in [6.07, 6.45) is 4.01. The second-order valence-corrected chi connectivity index (χ2v) is 6.79. The quantitative estimate of drug-likeness (QED) is 0.838. The lowest BCUT2D eigenvalue weighted by atomic mass is 9.99. The smallest absolute Gasteiger partial charge is 0.328 e. The number of thiophene rings is 1. The summed E-state index contributed by atoms with van der Waals surface area (Å²) in [5, 5.41) is 9.77. The second-order valence-electron chi connectivity index (χ2n) is 5.65. The molecule has 6 heteroatoms. The van der Waals surface area contributed by atoms with Crippen LogP contribution < -0.4 is 0 Å². The first-order valence-corrected chi connectivity index (χ1v) is 8.10. The molecule has 21 heavy (non-hydrogen) atoms. The van der Waals surface area contributed by atoms with Crippen LogP contribution in [0.5, 0.6) is 0 Å². The molecule has 1 saturated heterocycles. The van der Waals surface area contributed by atoms with Crippen molar-refractivity contribution < 1.29 is 19.4 Å². The summed E-state index contributed by atoms with van der Waals surface area (Å²) in [4.78, 5) is 27.8. The van der Waals surface area contributed by atoms with Crippen LogP contribution in [0.25, 0.3) is 0 Å². The number of aliphatic hydroxyl groups is 1. The molecular weight excluding hydrogens is 290 g/mol. The molecule has 2 atom stereocenters. The largest absolute Gasteiger partial charge is 0.467 e. The summed E-state index contributed by atoms with van der Waals surface area (Å²) in [6.45, 7) is 0.196. The molecule has 0 radical (unpaired) electrons. The van der Waals surface area contributed by atoms with Crippen molar-refractivity contribution in [3.63, 3.8) is 0 Å².